The Balaban J connectivity index is 1.72. The number of benzene rings is 3. The molecular formula is C28H27N3O6. The van der Waals surface area contributed by atoms with Gasteiger partial charge in [0.05, 0.1) is 43.5 Å². The molecule has 1 N–H and O–H groups in total. The maximum absolute atomic E-state index is 11.9. The van der Waals surface area contributed by atoms with Gasteiger partial charge in [-0.05, 0) is 48.7 Å². The fraction of sp³-hybridized carbons (Fsp3) is 0.214. The van der Waals surface area contributed by atoms with Crippen molar-refractivity contribution in [1.29, 1.82) is 0 Å². The molecule has 9 heteroatoms. The van der Waals surface area contributed by atoms with E-state index < -0.39 is 12.1 Å². The molecule has 4 aromatic rings. The first-order valence-corrected chi connectivity index (χ1v) is 11.8. The molecule has 3 aromatic carbocycles. The summed E-state index contributed by atoms with van der Waals surface area (Å²) in [6.07, 6.45) is -0.744. The van der Waals surface area contributed by atoms with Crippen LogP contribution in [0.5, 0.6) is 6.01 Å². The standard InChI is InChI=1S/C28H27N3O6/c1-4-36-25(30-28(34)35-3)21-10-7-6-9-20(21)19-15-13-18(14-16-19)17-31-24-22(26(32)33)11-8-12-23(24)29-27(31)37-5-2/h6-16H,4-5,17H2,1-3H3,(H,32,33). The van der Waals surface area contributed by atoms with Crippen LogP contribution >= 0.6 is 0 Å². The number of amides is 1. The number of carbonyl (C=O) groups excluding carboxylic acids is 1. The van der Waals surface area contributed by atoms with Gasteiger partial charge in [-0.2, -0.15) is 4.98 Å². The Morgan fingerprint density at radius 1 is 0.946 bits per heavy atom. The predicted molar refractivity (Wildman–Crippen MR) is 139 cm³/mol. The molecule has 0 aliphatic rings. The second kappa shape index (κ2) is 11.4. The summed E-state index contributed by atoms with van der Waals surface area (Å²) in [5, 5.41) is 9.72. The number of hydrogen-bond donors (Lipinski definition) is 1. The van der Waals surface area contributed by atoms with E-state index in [9.17, 15) is 14.7 Å². The monoisotopic (exact) mass is 501 g/mol. The van der Waals surface area contributed by atoms with Crippen molar-refractivity contribution in [3.8, 4) is 17.1 Å². The Morgan fingerprint density at radius 2 is 1.68 bits per heavy atom. The van der Waals surface area contributed by atoms with Crippen LogP contribution in [-0.4, -0.2) is 52.9 Å². The van der Waals surface area contributed by atoms with Gasteiger partial charge in [-0.15, -0.1) is 4.99 Å². The Bertz CT molecular complexity index is 1460. The number of aromatic carboxylic acids is 1. The van der Waals surface area contributed by atoms with Crippen LogP contribution in [0.1, 0.15) is 35.3 Å². The first-order valence-electron chi connectivity index (χ1n) is 11.8. The first kappa shape index (κ1) is 25.4. The molecule has 190 valence electrons. The van der Waals surface area contributed by atoms with Gasteiger partial charge in [-0.1, -0.05) is 48.5 Å². The fourth-order valence-electron chi connectivity index (χ4n) is 4.05. The number of aliphatic imine (C=N–C) groups is 1. The zero-order valence-electron chi connectivity index (χ0n) is 20.8. The third-order valence-electron chi connectivity index (χ3n) is 5.65. The summed E-state index contributed by atoms with van der Waals surface area (Å²) in [4.78, 5) is 32.1. The zero-order chi connectivity index (χ0) is 26.4. The molecule has 0 aliphatic carbocycles. The minimum absolute atomic E-state index is 0.162. The topological polar surface area (TPSA) is 112 Å². The van der Waals surface area contributed by atoms with Crippen LogP contribution in [0.15, 0.2) is 71.7 Å². The van der Waals surface area contributed by atoms with Crippen molar-refractivity contribution in [3.05, 3.63) is 83.4 Å². The van der Waals surface area contributed by atoms with Crippen LogP contribution in [0, 0.1) is 0 Å². The summed E-state index contributed by atoms with van der Waals surface area (Å²) in [5.74, 6) is -0.845. The summed E-state index contributed by atoms with van der Waals surface area (Å²) < 4.78 is 17.8. The summed E-state index contributed by atoms with van der Waals surface area (Å²) in [5.41, 5.74) is 4.54. The molecule has 37 heavy (non-hydrogen) atoms. The number of rotatable bonds is 8. The molecule has 0 bridgehead atoms. The number of ether oxygens (including phenoxy) is 3. The number of para-hydroxylation sites is 1. The Kier molecular flexibility index (Phi) is 7.83. The maximum atomic E-state index is 11.9. The van der Waals surface area contributed by atoms with E-state index in [1.165, 1.54) is 7.11 Å². The van der Waals surface area contributed by atoms with Crippen molar-refractivity contribution in [3.63, 3.8) is 0 Å². The molecule has 0 atom stereocenters. The molecule has 0 radical (unpaired) electrons. The Hall–Kier alpha value is -4.66. The number of carboxylic acid groups (broad SMARTS) is 1. The van der Waals surface area contributed by atoms with Gasteiger partial charge in [0.1, 0.15) is 0 Å². The van der Waals surface area contributed by atoms with E-state index in [-0.39, 0.29) is 11.5 Å². The number of nitrogens with zero attached hydrogens (tertiary/aromatic N) is 3. The summed E-state index contributed by atoms with van der Waals surface area (Å²) in [6, 6.07) is 20.7. The average Bonchev–Trinajstić information content (AvgIpc) is 3.25. The highest BCUT2D eigenvalue weighted by atomic mass is 16.5. The van der Waals surface area contributed by atoms with Crippen LogP contribution in [0.3, 0.4) is 0 Å². The van der Waals surface area contributed by atoms with Gasteiger partial charge >= 0.3 is 12.1 Å². The van der Waals surface area contributed by atoms with Crippen molar-refractivity contribution in [2.45, 2.75) is 20.4 Å². The van der Waals surface area contributed by atoms with Gasteiger partial charge in [-0.25, -0.2) is 9.59 Å². The largest absolute Gasteiger partial charge is 0.478 e. The third-order valence-corrected chi connectivity index (χ3v) is 5.65. The number of methoxy groups -OCH3 is 1. The molecule has 1 heterocycles. The van der Waals surface area contributed by atoms with Crippen molar-refractivity contribution >= 4 is 29.0 Å². The highest BCUT2D eigenvalue weighted by Crippen LogP contribution is 2.29. The molecule has 0 aliphatic heterocycles. The van der Waals surface area contributed by atoms with E-state index in [1.54, 1.807) is 22.8 Å². The number of carboxylic acids is 1. The fourth-order valence-corrected chi connectivity index (χ4v) is 4.05. The summed E-state index contributed by atoms with van der Waals surface area (Å²) >= 11 is 0. The number of aromatic nitrogens is 2. The van der Waals surface area contributed by atoms with E-state index in [0.717, 1.165) is 16.7 Å². The van der Waals surface area contributed by atoms with Gasteiger partial charge in [-0.3, -0.25) is 4.57 Å². The second-order valence-electron chi connectivity index (χ2n) is 7.95. The van der Waals surface area contributed by atoms with Gasteiger partial charge in [0.25, 0.3) is 6.01 Å². The molecule has 9 nitrogen and oxygen atoms in total. The first-order chi connectivity index (χ1) is 18.0. The van der Waals surface area contributed by atoms with E-state index in [2.05, 4.69) is 14.7 Å². The van der Waals surface area contributed by atoms with Crippen molar-refractivity contribution in [2.75, 3.05) is 20.3 Å². The van der Waals surface area contributed by atoms with E-state index in [0.29, 0.717) is 42.4 Å². The van der Waals surface area contributed by atoms with Crippen molar-refractivity contribution in [2.24, 2.45) is 4.99 Å². The third kappa shape index (κ3) is 5.45. The lowest BCUT2D eigenvalue weighted by Crippen LogP contribution is -2.11. The van der Waals surface area contributed by atoms with Gasteiger partial charge in [0, 0.05) is 5.56 Å². The molecule has 0 spiro atoms. The predicted octanol–water partition coefficient (Wildman–Crippen LogP) is 5.40. The second-order valence-corrected chi connectivity index (χ2v) is 7.95. The lowest BCUT2D eigenvalue weighted by Gasteiger charge is -2.14. The molecule has 0 saturated heterocycles. The zero-order valence-corrected chi connectivity index (χ0v) is 20.8. The molecular weight excluding hydrogens is 474 g/mol. The van der Waals surface area contributed by atoms with Crippen LogP contribution in [0.25, 0.3) is 22.2 Å². The minimum atomic E-state index is -1.03. The number of imidazole rings is 1. The van der Waals surface area contributed by atoms with Crippen LogP contribution in [-0.2, 0) is 16.0 Å². The van der Waals surface area contributed by atoms with Gasteiger partial charge < -0.3 is 19.3 Å². The lowest BCUT2D eigenvalue weighted by atomic mass is 9.98. The molecule has 1 amide bonds. The van der Waals surface area contributed by atoms with Crippen LogP contribution in [0.4, 0.5) is 4.79 Å². The number of fused-ring (bicyclic) bond motifs is 1. The summed E-state index contributed by atoms with van der Waals surface area (Å²) in [6.45, 7) is 4.77. The quantitative estimate of drug-likeness (QED) is 0.254. The Morgan fingerprint density at radius 3 is 2.35 bits per heavy atom. The molecule has 1 aromatic heterocycles. The normalized spacial score (nSPS) is 11.4. The van der Waals surface area contributed by atoms with Gasteiger partial charge in [0.2, 0.25) is 5.90 Å². The highest BCUT2D eigenvalue weighted by molar-refractivity contribution is 6.05. The van der Waals surface area contributed by atoms with Crippen LogP contribution in [0.2, 0.25) is 0 Å². The average molecular weight is 502 g/mol. The maximum Gasteiger partial charge on any atom is 0.436 e. The SMILES string of the molecule is CCOC(=NC(=O)OC)c1ccccc1-c1ccc(Cn2c(OCC)nc3cccc(C(=O)O)c32)cc1. The van der Waals surface area contributed by atoms with Gasteiger partial charge in [0.15, 0.2) is 0 Å². The van der Waals surface area contributed by atoms with E-state index in [4.69, 9.17) is 9.47 Å². The number of hydrogen-bond acceptors (Lipinski definition) is 6. The smallest absolute Gasteiger partial charge is 0.436 e. The highest BCUT2D eigenvalue weighted by Gasteiger charge is 2.19. The molecule has 0 saturated carbocycles. The van der Waals surface area contributed by atoms with Crippen LogP contribution < -0.4 is 4.74 Å². The van der Waals surface area contributed by atoms with E-state index in [1.807, 2.05) is 62.4 Å². The van der Waals surface area contributed by atoms with Crippen molar-refractivity contribution < 1.29 is 28.9 Å². The minimum Gasteiger partial charge on any atom is -0.478 e. The number of carbonyl (C=O) groups is 2. The molecule has 0 fully saturated rings. The van der Waals surface area contributed by atoms with Crippen molar-refractivity contribution in [1.82, 2.24) is 9.55 Å². The van der Waals surface area contributed by atoms with E-state index >= 15 is 0 Å². The molecule has 4 rings (SSSR count). The summed E-state index contributed by atoms with van der Waals surface area (Å²) in [7, 11) is 1.26. The molecule has 0 unspecified atom stereocenters. The Labute approximate surface area is 214 Å². The lowest BCUT2D eigenvalue weighted by molar-refractivity contribution is 0.0698.